The molecule has 0 unspecified atom stereocenters. The van der Waals surface area contributed by atoms with Crippen LogP contribution >= 0.6 is 0 Å². The highest BCUT2D eigenvalue weighted by atomic mass is 32.2. The summed E-state index contributed by atoms with van der Waals surface area (Å²) in [7, 11) is -1.00. The summed E-state index contributed by atoms with van der Waals surface area (Å²) in [5.41, 5.74) is 1.95. The van der Waals surface area contributed by atoms with Gasteiger partial charge >= 0.3 is 0 Å². The molecule has 34 heavy (non-hydrogen) atoms. The molecule has 0 bridgehead atoms. The zero-order chi connectivity index (χ0) is 24.9. The SMILES string of the molecule is CC[C@H](C(=O)NC)N(Cc1ccc(C)cc1)C(=O)CN(C)S(=O)(=O)c1ccc2ccccc2c1. The van der Waals surface area contributed by atoms with Crippen molar-refractivity contribution >= 4 is 32.6 Å². The minimum absolute atomic E-state index is 0.116. The maximum atomic E-state index is 13.4. The number of carbonyl (C=O) groups is 2. The number of carbonyl (C=O) groups excluding carboxylic acids is 2. The molecule has 8 heteroatoms. The van der Waals surface area contributed by atoms with E-state index in [-0.39, 0.29) is 23.9 Å². The highest BCUT2D eigenvalue weighted by molar-refractivity contribution is 7.89. The third kappa shape index (κ3) is 5.63. The van der Waals surface area contributed by atoms with Crippen LogP contribution in [0.15, 0.2) is 71.6 Å². The Balaban J connectivity index is 1.87. The van der Waals surface area contributed by atoms with Gasteiger partial charge < -0.3 is 10.2 Å². The molecule has 7 nitrogen and oxygen atoms in total. The number of nitrogens with one attached hydrogen (secondary N) is 1. The van der Waals surface area contributed by atoms with Crippen molar-refractivity contribution in [2.75, 3.05) is 20.6 Å². The van der Waals surface area contributed by atoms with Gasteiger partial charge in [0.25, 0.3) is 0 Å². The van der Waals surface area contributed by atoms with E-state index in [0.29, 0.717) is 6.42 Å². The molecule has 3 aromatic rings. The highest BCUT2D eigenvalue weighted by Gasteiger charge is 2.31. The van der Waals surface area contributed by atoms with Crippen molar-refractivity contribution in [3.8, 4) is 0 Å². The van der Waals surface area contributed by atoms with Gasteiger partial charge in [-0.05, 0) is 41.8 Å². The predicted molar refractivity (Wildman–Crippen MR) is 134 cm³/mol. The lowest BCUT2D eigenvalue weighted by molar-refractivity contribution is -0.141. The molecule has 0 aliphatic heterocycles. The molecule has 180 valence electrons. The van der Waals surface area contributed by atoms with Crippen molar-refractivity contribution in [1.82, 2.24) is 14.5 Å². The lowest BCUT2D eigenvalue weighted by Gasteiger charge is -2.31. The van der Waals surface area contributed by atoms with Gasteiger partial charge in [-0.15, -0.1) is 0 Å². The number of likely N-dealkylation sites (N-methyl/N-ethyl adjacent to an activating group) is 2. The topological polar surface area (TPSA) is 86.8 Å². The Kier molecular flexibility index (Phi) is 8.06. The molecular formula is C26H31N3O4S. The van der Waals surface area contributed by atoms with E-state index in [1.165, 1.54) is 19.0 Å². The molecular weight excluding hydrogens is 450 g/mol. The molecule has 0 radical (unpaired) electrons. The Bertz CT molecular complexity index is 1270. The van der Waals surface area contributed by atoms with Crippen LogP contribution in [0.3, 0.4) is 0 Å². The molecule has 1 atom stereocenters. The first kappa shape index (κ1) is 25.4. The molecule has 0 aliphatic rings. The second-order valence-corrected chi connectivity index (χ2v) is 10.4. The van der Waals surface area contributed by atoms with Crippen LogP contribution in [0.5, 0.6) is 0 Å². The summed E-state index contributed by atoms with van der Waals surface area (Å²) in [5.74, 6) is -0.731. The fourth-order valence-electron chi connectivity index (χ4n) is 3.85. The third-order valence-electron chi connectivity index (χ3n) is 5.89. The molecule has 3 aromatic carbocycles. The number of benzene rings is 3. The first-order valence-electron chi connectivity index (χ1n) is 11.2. The quantitative estimate of drug-likeness (QED) is 0.508. The average molecular weight is 482 g/mol. The highest BCUT2D eigenvalue weighted by Crippen LogP contribution is 2.22. The lowest BCUT2D eigenvalue weighted by atomic mass is 10.1. The van der Waals surface area contributed by atoms with Gasteiger partial charge in [0, 0.05) is 20.6 Å². The number of rotatable bonds is 9. The summed E-state index contributed by atoms with van der Waals surface area (Å²) in [6, 6.07) is 19.4. The van der Waals surface area contributed by atoms with Crippen LogP contribution in [-0.4, -0.2) is 56.1 Å². The molecule has 0 heterocycles. The van der Waals surface area contributed by atoms with Crippen LogP contribution < -0.4 is 5.32 Å². The largest absolute Gasteiger partial charge is 0.357 e. The van der Waals surface area contributed by atoms with Crippen LogP contribution in [0.4, 0.5) is 0 Å². The van der Waals surface area contributed by atoms with Crippen LogP contribution in [0.1, 0.15) is 24.5 Å². The zero-order valence-corrected chi connectivity index (χ0v) is 20.8. The Hall–Kier alpha value is -3.23. The Morgan fingerprint density at radius 2 is 1.62 bits per heavy atom. The van der Waals surface area contributed by atoms with E-state index in [1.807, 2.05) is 62.4 Å². The number of hydrogen-bond donors (Lipinski definition) is 1. The van der Waals surface area contributed by atoms with Crippen LogP contribution in [0.25, 0.3) is 10.8 Å². The van der Waals surface area contributed by atoms with E-state index in [4.69, 9.17) is 0 Å². The molecule has 3 rings (SSSR count). The van der Waals surface area contributed by atoms with E-state index < -0.39 is 22.0 Å². The Morgan fingerprint density at radius 1 is 0.971 bits per heavy atom. The van der Waals surface area contributed by atoms with E-state index in [9.17, 15) is 18.0 Å². The van der Waals surface area contributed by atoms with Crippen LogP contribution in [0.2, 0.25) is 0 Å². The zero-order valence-electron chi connectivity index (χ0n) is 20.0. The molecule has 0 aliphatic carbocycles. The third-order valence-corrected chi connectivity index (χ3v) is 7.69. The first-order valence-corrected chi connectivity index (χ1v) is 12.6. The maximum Gasteiger partial charge on any atom is 0.243 e. The second-order valence-electron chi connectivity index (χ2n) is 8.32. The lowest BCUT2D eigenvalue weighted by Crippen LogP contribution is -2.51. The summed E-state index contributed by atoms with van der Waals surface area (Å²) in [6.45, 7) is 3.62. The number of sulfonamides is 1. The molecule has 0 fully saturated rings. The minimum Gasteiger partial charge on any atom is -0.357 e. The van der Waals surface area contributed by atoms with Gasteiger partial charge in [0.05, 0.1) is 11.4 Å². The molecule has 1 N–H and O–H groups in total. The monoisotopic (exact) mass is 481 g/mol. The standard InChI is InChI=1S/C26H31N3O4S/c1-5-24(26(31)27-3)29(17-20-12-10-19(2)11-13-20)25(30)18-28(4)34(32,33)23-15-14-21-8-6-7-9-22(21)16-23/h6-16,24H,5,17-18H2,1-4H3,(H,27,31)/t24-/m1/s1. The van der Waals surface area contributed by atoms with Gasteiger partial charge in [0.2, 0.25) is 21.8 Å². The van der Waals surface area contributed by atoms with Gasteiger partial charge in [0.15, 0.2) is 0 Å². The van der Waals surface area contributed by atoms with Gasteiger partial charge in [-0.3, -0.25) is 9.59 Å². The number of amides is 2. The number of aryl methyl sites for hydroxylation is 1. The first-order chi connectivity index (χ1) is 16.2. The molecule has 2 amide bonds. The summed E-state index contributed by atoms with van der Waals surface area (Å²) in [5, 5.41) is 4.34. The van der Waals surface area contributed by atoms with Crippen molar-refractivity contribution in [2.45, 2.75) is 37.8 Å². The average Bonchev–Trinajstić information content (AvgIpc) is 2.84. The number of fused-ring (bicyclic) bond motifs is 1. The molecule has 0 aromatic heterocycles. The Morgan fingerprint density at radius 3 is 2.24 bits per heavy atom. The summed E-state index contributed by atoms with van der Waals surface area (Å²) < 4.78 is 27.5. The summed E-state index contributed by atoms with van der Waals surface area (Å²) >= 11 is 0. The fourth-order valence-corrected chi connectivity index (χ4v) is 5.01. The van der Waals surface area contributed by atoms with Gasteiger partial charge in [-0.1, -0.05) is 67.1 Å². The van der Waals surface area contributed by atoms with Crippen molar-refractivity contribution < 1.29 is 18.0 Å². The Labute approximate surface area is 201 Å². The number of nitrogens with zero attached hydrogens (tertiary/aromatic N) is 2. The maximum absolute atomic E-state index is 13.4. The normalized spacial score (nSPS) is 12.5. The fraction of sp³-hybridized carbons (Fsp3) is 0.308. The van der Waals surface area contributed by atoms with E-state index in [2.05, 4.69) is 5.32 Å². The predicted octanol–water partition coefficient (Wildman–Crippen LogP) is 3.32. The van der Waals surface area contributed by atoms with E-state index in [1.54, 1.807) is 18.2 Å². The van der Waals surface area contributed by atoms with Crippen molar-refractivity contribution in [3.63, 3.8) is 0 Å². The van der Waals surface area contributed by atoms with Crippen molar-refractivity contribution in [3.05, 3.63) is 77.9 Å². The van der Waals surface area contributed by atoms with Gasteiger partial charge in [0.1, 0.15) is 6.04 Å². The van der Waals surface area contributed by atoms with Crippen molar-refractivity contribution in [2.24, 2.45) is 0 Å². The van der Waals surface area contributed by atoms with Crippen LogP contribution in [0, 0.1) is 6.92 Å². The van der Waals surface area contributed by atoms with E-state index in [0.717, 1.165) is 26.2 Å². The van der Waals surface area contributed by atoms with E-state index >= 15 is 0 Å². The smallest absolute Gasteiger partial charge is 0.243 e. The minimum atomic E-state index is -3.91. The van der Waals surface area contributed by atoms with Crippen molar-refractivity contribution in [1.29, 1.82) is 0 Å². The van der Waals surface area contributed by atoms with Gasteiger partial charge in [-0.25, -0.2) is 8.42 Å². The summed E-state index contributed by atoms with van der Waals surface area (Å²) in [6.07, 6.45) is 0.401. The second kappa shape index (κ2) is 10.8. The van der Waals surface area contributed by atoms with Crippen LogP contribution in [-0.2, 0) is 26.2 Å². The molecule has 0 saturated heterocycles. The number of hydrogen-bond acceptors (Lipinski definition) is 4. The molecule has 0 saturated carbocycles. The summed E-state index contributed by atoms with van der Waals surface area (Å²) in [4.78, 5) is 27.5. The molecule has 0 spiro atoms. The van der Waals surface area contributed by atoms with Gasteiger partial charge in [-0.2, -0.15) is 4.31 Å².